The largest absolute Gasteiger partial charge is 0.391 e. The third-order valence-electron chi connectivity index (χ3n) is 2.76. The van der Waals surface area contributed by atoms with E-state index < -0.39 is 6.10 Å². The van der Waals surface area contributed by atoms with Crippen molar-refractivity contribution in [1.29, 1.82) is 0 Å². The van der Waals surface area contributed by atoms with Gasteiger partial charge >= 0.3 is 0 Å². The van der Waals surface area contributed by atoms with E-state index in [2.05, 4.69) is 10.6 Å². The Hall–Kier alpha value is -0.610. The van der Waals surface area contributed by atoms with Gasteiger partial charge in [0.25, 0.3) is 0 Å². The number of amides is 1. The minimum atomic E-state index is -0.490. The van der Waals surface area contributed by atoms with Gasteiger partial charge in [0.15, 0.2) is 0 Å². The monoisotopic (exact) mass is 200 g/mol. The van der Waals surface area contributed by atoms with Crippen LogP contribution in [0.15, 0.2) is 0 Å². The van der Waals surface area contributed by atoms with Gasteiger partial charge in [-0.3, -0.25) is 4.79 Å². The molecule has 3 N–H and O–H groups in total. The van der Waals surface area contributed by atoms with Crippen LogP contribution in [-0.4, -0.2) is 36.2 Å². The molecule has 1 fully saturated rings. The molecule has 0 saturated carbocycles. The van der Waals surface area contributed by atoms with Crippen LogP contribution in [0.25, 0.3) is 0 Å². The Morgan fingerprint density at radius 2 is 2.29 bits per heavy atom. The average Bonchev–Trinajstić information content (AvgIpc) is 2.19. The zero-order valence-electron chi connectivity index (χ0n) is 8.92. The minimum absolute atomic E-state index is 0.0607. The van der Waals surface area contributed by atoms with Gasteiger partial charge in [0.2, 0.25) is 5.91 Å². The molecule has 14 heavy (non-hydrogen) atoms. The fourth-order valence-electron chi connectivity index (χ4n) is 1.54. The summed E-state index contributed by atoms with van der Waals surface area (Å²) in [6, 6.07) is -0.163. The lowest BCUT2D eigenvalue weighted by Crippen LogP contribution is -2.46. The van der Waals surface area contributed by atoms with Crippen LogP contribution in [0.1, 0.15) is 26.7 Å². The molecule has 1 aliphatic heterocycles. The average molecular weight is 200 g/mol. The van der Waals surface area contributed by atoms with E-state index in [-0.39, 0.29) is 17.9 Å². The van der Waals surface area contributed by atoms with Crippen molar-refractivity contribution in [2.75, 3.05) is 13.1 Å². The molecule has 1 saturated heterocycles. The Bertz CT molecular complexity index is 189. The summed E-state index contributed by atoms with van der Waals surface area (Å²) in [6.07, 6.45) is 1.52. The van der Waals surface area contributed by atoms with Crippen molar-refractivity contribution in [2.24, 2.45) is 5.92 Å². The van der Waals surface area contributed by atoms with Crippen LogP contribution >= 0.6 is 0 Å². The lowest BCUT2D eigenvalue weighted by molar-refractivity contribution is -0.126. The Labute approximate surface area is 85.1 Å². The molecule has 0 radical (unpaired) electrons. The van der Waals surface area contributed by atoms with E-state index in [1.165, 1.54) is 0 Å². The molecule has 0 aromatic carbocycles. The SMILES string of the molecule is CC(O)C(C)NC(=O)[C@@H]1CCCNC1. The summed E-state index contributed by atoms with van der Waals surface area (Å²) in [7, 11) is 0. The van der Waals surface area contributed by atoms with E-state index in [0.29, 0.717) is 0 Å². The van der Waals surface area contributed by atoms with E-state index in [9.17, 15) is 9.90 Å². The normalized spacial score (nSPS) is 26.6. The van der Waals surface area contributed by atoms with Crippen LogP contribution in [0.3, 0.4) is 0 Å². The Balaban J connectivity index is 2.33. The van der Waals surface area contributed by atoms with E-state index in [1.807, 2.05) is 6.92 Å². The summed E-state index contributed by atoms with van der Waals surface area (Å²) >= 11 is 0. The van der Waals surface area contributed by atoms with Crippen molar-refractivity contribution < 1.29 is 9.90 Å². The number of aliphatic hydroxyl groups is 1. The van der Waals surface area contributed by atoms with Crippen LogP contribution in [0.4, 0.5) is 0 Å². The maximum Gasteiger partial charge on any atom is 0.224 e. The number of hydrogen-bond donors (Lipinski definition) is 3. The number of carbonyl (C=O) groups is 1. The van der Waals surface area contributed by atoms with Gasteiger partial charge in [-0.1, -0.05) is 0 Å². The summed E-state index contributed by atoms with van der Waals surface area (Å²) in [5.41, 5.74) is 0. The van der Waals surface area contributed by atoms with Gasteiger partial charge in [0, 0.05) is 6.54 Å². The topological polar surface area (TPSA) is 61.4 Å². The molecule has 1 heterocycles. The van der Waals surface area contributed by atoms with Crippen LogP contribution in [-0.2, 0) is 4.79 Å². The summed E-state index contributed by atoms with van der Waals surface area (Å²) in [6.45, 7) is 5.27. The molecule has 0 aromatic rings. The molecule has 0 bridgehead atoms. The fourth-order valence-corrected chi connectivity index (χ4v) is 1.54. The standard InChI is InChI=1S/C10H20N2O2/c1-7(8(2)13)12-10(14)9-4-3-5-11-6-9/h7-9,11,13H,3-6H2,1-2H3,(H,12,14)/t7?,8?,9-/m1/s1. The second kappa shape index (κ2) is 5.32. The van der Waals surface area contributed by atoms with Gasteiger partial charge in [-0.2, -0.15) is 0 Å². The number of rotatable bonds is 3. The smallest absolute Gasteiger partial charge is 0.224 e. The molecule has 82 valence electrons. The molecule has 0 aliphatic carbocycles. The molecule has 1 aliphatic rings. The summed E-state index contributed by atoms with van der Waals surface area (Å²) in [5, 5.41) is 15.3. The number of carbonyl (C=O) groups excluding carboxylic acids is 1. The minimum Gasteiger partial charge on any atom is -0.391 e. The highest BCUT2D eigenvalue weighted by Crippen LogP contribution is 2.10. The molecular formula is C10H20N2O2. The molecule has 2 unspecified atom stereocenters. The Kier molecular flexibility index (Phi) is 4.35. The first-order valence-electron chi connectivity index (χ1n) is 5.30. The third-order valence-corrected chi connectivity index (χ3v) is 2.76. The van der Waals surface area contributed by atoms with Crippen molar-refractivity contribution in [1.82, 2.24) is 10.6 Å². The van der Waals surface area contributed by atoms with Gasteiger partial charge in [-0.25, -0.2) is 0 Å². The van der Waals surface area contributed by atoms with Gasteiger partial charge < -0.3 is 15.7 Å². The highest BCUT2D eigenvalue weighted by atomic mass is 16.3. The number of piperidine rings is 1. The summed E-state index contributed by atoms with van der Waals surface area (Å²) < 4.78 is 0. The van der Waals surface area contributed by atoms with E-state index in [0.717, 1.165) is 25.9 Å². The molecule has 4 heteroatoms. The number of hydrogen-bond acceptors (Lipinski definition) is 3. The quantitative estimate of drug-likeness (QED) is 0.595. The number of aliphatic hydroxyl groups excluding tert-OH is 1. The highest BCUT2D eigenvalue weighted by Gasteiger charge is 2.22. The molecular weight excluding hydrogens is 180 g/mol. The first kappa shape index (κ1) is 11.5. The van der Waals surface area contributed by atoms with Gasteiger partial charge in [-0.15, -0.1) is 0 Å². The van der Waals surface area contributed by atoms with Crippen LogP contribution < -0.4 is 10.6 Å². The second-order valence-corrected chi connectivity index (χ2v) is 4.08. The van der Waals surface area contributed by atoms with Crippen LogP contribution in [0.5, 0.6) is 0 Å². The summed E-state index contributed by atoms with van der Waals surface area (Å²) in [4.78, 5) is 11.7. The van der Waals surface area contributed by atoms with Gasteiger partial charge in [0.05, 0.1) is 18.1 Å². The lowest BCUT2D eigenvalue weighted by Gasteiger charge is -2.24. The first-order valence-corrected chi connectivity index (χ1v) is 5.30. The Morgan fingerprint density at radius 1 is 1.57 bits per heavy atom. The zero-order chi connectivity index (χ0) is 10.6. The van der Waals surface area contributed by atoms with E-state index in [4.69, 9.17) is 0 Å². The fraction of sp³-hybridized carbons (Fsp3) is 0.900. The molecule has 0 aromatic heterocycles. The van der Waals surface area contributed by atoms with Crippen molar-refractivity contribution in [3.8, 4) is 0 Å². The van der Waals surface area contributed by atoms with E-state index >= 15 is 0 Å². The first-order chi connectivity index (χ1) is 6.61. The molecule has 3 atom stereocenters. The Morgan fingerprint density at radius 3 is 2.79 bits per heavy atom. The zero-order valence-corrected chi connectivity index (χ0v) is 8.92. The van der Waals surface area contributed by atoms with Crippen molar-refractivity contribution in [3.05, 3.63) is 0 Å². The highest BCUT2D eigenvalue weighted by molar-refractivity contribution is 5.79. The van der Waals surface area contributed by atoms with Gasteiger partial charge in [0.1, 0.15) is 0 Å². The predicted octanol–water partition coefficient (Wildman–Crippen LogP) is -0.128. The maximum atomic E-state index is 11.7. The van der Waals surface area contributed by atoms with Crippen LogP contribution in [0.2, 0.25) is 0 Å². The predicted molar refractivity (Wildman–Crippen MR) is 54.9 cm³/mol. The molecule has 1 rings (SSSR count). The third kappa shape index (κ3) is 3.27. The molecule has 1 amide bonds. The molecule has 4 nitrogen and oxygen atoms in total. The van der Waals surface area contributed by atoms with Crippen molar-refractivity contribution in [3.63, 3.8) is 0 Å². The van der Waals surface area contributed by atoms with Crippen molar-refractivity contribution in [2.45, 2.75) is 38.8 Å². The lowest BCUT2D eigenvalue weighted by atomic mass is 9.98. The molecule has 0 spiro atoms. The van der Waals surface area contributed by atoms with Crippen molar-refractivity contribution >= 4 is 5.91 Å². The summed E-state index contributed by atoms with van der Waals surface area (Å²) in [5.74, 6) is 0.135. The number of nitrogens with one attached hydrogen (secondary N) is 2. The maximum absolute atomic E-state index is 11.7. The van der Waals surface area contributed by atoms with E-state index in [1.54, 1.807) is 6.92 Å². The van der Waals surface area contributed by atoms with Crippen LogP contribution in [0, 0.1) is 5.92 Å². The van der Waals surface area contributed by atoms with Gasteiger partial charge in [-0.05, 0) is 33.2 Å². The second-order valence-electron chi connectivity index (χ2n) is 4.08.